The van der Waals surface area contributed by atoms with Crippen molar-refractivity contribution in [3.05, 3.63) is 28.0 Å². The van der Waals surface area contributed by atoms with E-state index in [2.05, 4.69) is 19.9 Å². The van der Waals surface area contributed by atoms with Gasteiger partial charge < -0.3 is 5.11 Å². The number of thioether (sulfide) groups is 1. The Hall–Kier alpha value is -0.740. The Morgan fingerprint density at radius 3 is 3.00 bits per heavy atom. The van der Waals surface area contributed by atoms with Crippen molar-refractivity contribution < 1.29 is 9.90 Å². The Labute approximate surface area is 104 Å². The molecular weight excluding hydrogens is 240 g/mol. The van der Waals surface area contributed by atoms with Crippen LogP contribution in [0.2, 0.25) is 0 Å². The second-order valence-electron chi connectivity index (χ2n) is 3.51. The molecule has 0 aromatic carbocycles. The van der Waals surface area contributed by atoms with Crippen LogP contribution in [0.25, 0.3) is 6.08 Å². The second kappa shape index (κ2) is 6.76. The van der Waals surface area contributed by atoms with Crippen LogP contribution in [0.5, 0.6) is 0 Å². The van der Waals surface area contributed by atoms with Gasteiger partial charge in [0.15, 0.2) is 0 Å². The summed E-state index contributed by atoms with van der Waals surface area (Å²) < 4.78 is 0. The largest absolute Gasteiger partial charge is 0.478 e. The first-order chi connectivity index (χ1) is 7.61. The van der Waals surface area contributed by atoms with E-state index in [-0.39, 0.29) is 0 Å². The average Bonchev–Trinajstić information content (AvgIpc) is 2.71. The normalized spacial score (nSPS) is 13.1. The highest BCUT2D eigenvalue weighted by Crippen LogP contribution is 2.25. The number of hydrogen-bond donors (Lipinski definition) is 1. The van der Waals surface area contributed by atoms with Gasteiger partial charge in [0.1, 0.15) is 0 Å². The molecule has 0 spiro atoms. The number of carbonyl (C=O) groups is 1. The lowest BCUT2D eigenvalue weighted by Crippen LogP contribution is -1.92. The smallest absolute Gasteiger partial charge is 0.328 e. The highest BCUT2D eigenvalue weighted by molar-refractivity contribution is 7.99. The first-order valence-electron chi connectivity index (χ1n) is 5.23. The zero-order valence-corrected chi connectivity index (χ0v) is 11.1. The molecule has 2 nitrogen and oxygen atoms in total. The first-order valence-corrected chi connectivity index (χ1v) is 7.09. The van der Waals surface area contributed by atoms with E-state index < -0.39 is 5.97 Å². The Balaban J connectivity index is 2.48. The lowest BCUT2D eigenvalue weighted by atomic mass is 10.4. The molecule has 88 valence electrons. The summed E-state index contributed by atoms with van der Waals surface area (Å²) in [4.78, 5) is 12.7. The predicted octanol–water partition coefficient (Wildman–Crippen LogP) is 3.88. The Kier molecular flexibility index (Phi) is 5.63. The summed E-state index contributed by atoms with van der Waals surface area (Å²) in [5.74, 6) is 0.115. The number of carboxylic acid groups (broad SMARTS) is 1. The third-order valence-electron chi connectivity index (χ3n) is 2.16. The van der Waals surface area contributed by atoms with Crippen molar-refractivity contribution in [1.82, 2.24) is 0 Å². The van der Waals surface area contributed by atoms with E-state index in [9.17, 15) is 4.79 Å². The van der Waals surface area contributed by atoms with Crippen LogP contribution in [-0.4, -0.2) is 16.3 Å². The van der Waals surface area contributed by atoms with E-state index in [0.29, 0.717) is 5.25 Å². The quantitative estimate of drug-likeness (QED) is 0.785. The molecule has 4 heteroatoms. The summed E-state index contributed by atoms with van der Waals surface area (Å²) in [6.07, 6.45) is 4.00. The maximum absolute atomic E-state index is 10.3. The molecule has 1 rings (SSSR count). The van der Waals surface area contributed by atoms with Crippen LogP contribution in [0, 0.1) is 0 Å². The van der Waals surface area contributed by atoms with Crippen molar-refractivity contribution in [1.29, 1.82) is 0 Å². The number of aliphatic carboxylic acids is 1. The molecule has 0 aliphatic rings. The van der Waals surface area contributed by atoms with Gasteiger partial charge in [-0.1, -0.05) is 13.8 Å². The van der Waals surface area contributed by atoms with Gasteiger partial charge >= 0.3 is 5.97 Å². The van der Waals surface area contributed by atoms with Gasteiger partial charge in [-0.3, -0.25) is 0 Å². The zero-order valence-electron chi connectivity index (χ0n) is 9.47. The average molecular weight is 256 g/mol. The molecule has 1 N–H and O–H groups in total. The summed E-state index contributed by atoms with van der Waals surface area (Å²) >= 11 is 3.59. The monoisotopic (exact) mass is 256 g/mol. The molecular formula is C12H16O2S2. The molecule has 0 radical (unpaired) electrons. The van der Waals surface area contributed by atoms with E-state index in [1.54, 1.807) is 17.4 Å². The first kappa shape index (κ1) is 13.3. The minimum Gasteiger partial charge on any atom is -0.478 e. The summed E-state index contributed by atoms with van der Waals surface area (Å²) in [7, 11) is 0. The van der Waals surface area contributed by atoms with Gasteiger partial charge in [0.05, 0.1) is 0 Å². The minimum atomic E-state index is -0.899. The van der Waals surface area contributed by atoms with Crippen LogP contribution in [-0.2, 0) is 10.5 Å². The van der Waals surface area contributed by atoms with Crippen LogP contribution in [0.15, 0.2) is 18.2 Å². The van der Waals surface area contributed by atoms with E-state index in [0.717, 1.165) is 10.6 Å². The maximum atomic E-state index is 10.3. The molecule has 16 heavy (non-hydrogen) atoms. The van der Waals surface area contributed by atoms with E-state index in [1.807, 2.05) is 17.8 Å². The summed E-state index contributed by atoms with van der Waals surface area (Å²) in [5, 5.41) is 9.18. The SMILES string of the molecule is CCC(C)SCc1ccc(C=CC(=O)O)s1. The van der Waals surface area contributed by atoms with Crippen molar-refractivity contribution in [2.24, 2.45) is 0 Å². The third kappa shape index (κ3) is 4.86. The van der Waals surface area contributed by atoms with Gasteiger partial charge in [0, 0.05) is 26.8 Å². The van der Waals surface area contributed by atoms with Crippen molar-refractivity contribution >= 4 is 35.1 Å². The molecule has 0 bridgehead atoms. The fourth-order valence-electron chi connectivity index (χ4n) is 1.06. The minimum absolute atomic E-state index is 0.681. The summed E-state index contributed by atoms with van der Waals surface area (Å²) in [6.45, 7) is 4.41. The molecule has 0 saturated carbocycles. The van der Waals surface area contributed by atoms with E-state index in [4.69, 9.17) is 5.11 Å². The second-order valence-corrected chi connectivity index (χ2v) is 6.13. The molecule has 1 heterocycles. The fourth-order valence-corrected chi connectivity index (χ4v) is 2.99. The lowest BCUT2D eigenvalue weighted by Gasteiger charge is -2.05. The van der Waals surface area contributed by atoms with Crippen molar-refractivity contribution in [2.75, 3.05) is 0 Å². The number of carboxylic acids is 1. The lowest BCUT2D eigenvalue weighted by molar-refractivity contribution is -0.131. The molecule has 1 aromatic rings. The molecule has 0 aliphatic carbocycles. The Morgan fingerprint density at radius 1 is 1.62 bits per heavy atom. The molecule has 0 amide bonds. The van der Waals surface area contributed by atoms with Gasteiger partial charge in [-0.15, -0.1) is 11.3 Å². The maximum Gasteiger partial charge on any atom is 0.328 e. The van der Waals surface area contributed by atoms with Crippen molar-refractivity contribution in [3.8, 4) is 0 Å². The van der Waals surface area contributed by atoms with Crippen LogP contribution in [0.1, 0.15) is 30.0 Å². The van der Waals surface area contributed by atoms with Crippen LogP contribution in [0.3, 0.4) is 0 Å². The predicted molar refractivity (Wildman–Crippen MR) is 72.0 cm³/mol. The Morgan fingerprint density at radius 2 is 2.38 bits per heavy atom. The van der Waals surface area contributed by atoms with Gasteiger partial charge in [0.2, 0.25) is 0 Å². The van der Waals surface area contributed by atoms with Crippen LogP contribution >= 0.6 is 23.1 Å². The van der Waals surface area contributed by atoms with E-state index in [1.165, 1.54) is 17.4 Å². The standard InChI is InChI=1S/C12H16O2S2/c1-3-9(2)15-8-11-5-4-10(16-11)6-7-12(13)14/h4-7,9H,3,8H2,1-2H3,(H,13,14). The molecule has 1 aromatic heterocycles. The van der Waals surface area contributed by atoms with Crippen molar-refractivity contribution in [2.45, 2.75) is 31.3 Å². The molecule has 0 saturated heterocycles. The number of hydrogen-bond acceptors (Lipinski definition) is 3. The van der Waals surface area contributed by atoms with Gasteiger partial charge in [0.25, 0.3) is 0 Å². The summed E-state index contributed by atoms with van der Waals surface area (Å²) in [6, 6.07) is 4.04. The van der Waals surface area contributed by atoms with Gasteiger partial charge in [-0.25, -0.2) is 4.79 Å². The highest BCUT2D eigenvalue weighted by Gasteiger charge is 2.02. The number of thiophene rings is 1. The van der Waals surface area contributed by atoms with Crippen molar-refractivity contribution in [3.63, 3.8) is 0 Å². The Bertz CT molecular complexity index is 369. The van der Waals surface area contributed by atoms with Gasteiger partial charge in [-0.2, -0.15) is 11.8 Å². The molecule has 1 atom stereocenters. The number of rotatable bonds is 6. The molecule has 1 unspecified atom stereocenters. The molecule has 0 fully saturated rings. The summed E-state index contributed by atoms with van der Waals surface area (Å²) in [5.41, 5.74) is 0. The highest BCUT2D eigenvalue weighted by atomic mass is 32.2. The van der Waals surface area contributed by atoms with Crippen LogP contribution in [0.4, 0.5) is 0 Å². The van der Waals surface area contributed by atoms with Crippen LogP contribution < -0.4 is 0 Å². The zero-order chi connectivity index (χ0) is 12.0. The van der Waals surface area contributed by atoms with Gasteiger partial charge in [-0.05, 0) is 24.6 Å². The molecule has 0 aliphatic heterocycles. The fraction of sp³-hybridized carbons (Fsp3) is 0.417. The van der Waals surface area contributed by atoms with E-state index >= 15 is 0 Å². The topological polar surface area (TPSA) is 37.3 Å². The third-order valence-corrected chi connectivity index (χ3v) is 4.77.